The van der Waals surface area contributed by atoms with E-state index in [4.69, 9.17) is 4.74 Å². The van der Waals surface area contributed by atoms with Crippen LogP contribution in [0.15, 0.2) is 29.2 Å². The first-order chi connectivity index (χ1) is 10.3. The van der Waals surface area contributed by atoms with Gasteiger partial charge in [-0.05, 0) is 18.2 Å². The molecule has 2 rings (SSSR count). The molecule has 1 fully saturated rings. The van der Waals surface area contributed by atoms with Crippen molar-refractivity contribution < 1.29 is 26.3 Å². The van der Waals surface area contributed by atoms with Gasteiger partial charge in [0.05, 0.1) is 23.7 Å². The van der Waals surface area contributed by atoms with Crippen molar-refractivity contribution in [3.63, 3.8) is 0 Å². The van der Waals surface area contributed by atoms with Crippen molar-refractivity contribution in [3.05, 3.63) is 29.8 Å². The Morgan fingerprint density at radius 1 is 1.22 bits per heavy atom. The molecule has 10 heteroatoms. The Hall–Kier alpha value is -0.870. The molecule has 0 unspecified atom stereocenters. The maximum atomic E-state index is 12.6. The summed E-state index contributed by atoms with van der Waals surface area (Å²) in [5, 5.41) is 0. The fourth-order valence-corrected chi connectivity index (χ4v) is 3.15. The predicted molar refractivity (Wildman–Crippen MR) is 81.1 cm³/mol. The highest BCUT2D eigenvalue weighted by molar-refractivity contribution is 7.89. The van der Waals surface area contributed by atoms with Gasteiger partial charge in [-0.1, -0.05) is 6.07 Å². The van der Waals surface area contributed by atoms with Crippen molar-refractivity contribution in [1.82, 2.24) is 9.62 Å². The molecule has 0 radical (unpaired) electrons. The third-order valence-corrected chi connectivity index (χ3v) is 4.75. The fraction of sp³-hybridized carbons (Fsp3) is 0.538. The lowest BCUT2D eigenvalue weighted by atomic mass is 10.2. The van der Waals surface area contributed by atoms with Gasteiger partial charge in [-0.25, -0.2) is 13.1 Å². The lowest BCUT2D eigenvalue weighted by molar-refractivity contribution is -0.137. The zero-order valence-corrected chi connectivity index (χ0v) is 13.8. The van der Waals surface area contributed by atoms with Crippen LogP contribution in [-0.2, 0) is 20.9 Å². The summed E-state index contributed by atoms with van der Waals surface area (Å²) >= 11 is 0. The molecule has 1 aliphatic rings. The van der Waals surface area contributed by atoms with E-state index in [1.807, 2.05) is 4.90 Å². The number of nitrogens with zero attached hydrogens (tertiary/aromatic N) is 1. The Morgan fingerprint density at radius 2 is 1.87 bits per heavy atom. The van der Waals surface area contributed by atoms with Crippen LogP contribution < -0.4 is 4.72 Å². The minimum atomic E-state index is -4.57. The van der Waals surface area contributed by atoms with E-state index in [-0.39, 0.29) is 23.8 Å². The molecule has 132 valence electrons. The first-order valence-electron chi connectivity index (χ1n) is 6.76. The van der Waals surface area contributed by atoms with Crippen LogP contribution in [0.2, 0.25) is 0 Å². The number of nitrogens with one attached hydrogen (secondary N) is 1. The van der Waals surface area contributed by atoms with Gasteiger partial charge < -0.3 is 4.74 Å². The van der Waals surface area contributed by atoms with Crippen LogP contribution >= 0.6 is 12.4 Å². The van der Waals surface area contributed by atoms with Gasteiger partial charge in [0.25, 0.3) is 0 Å². The third kappa shape index (κ3) is 5.92. The Labute approximate surface area is 139 Å². The summed E-state index contributed by atoms with van der Waals surface area (Å²) in [6, 6.07) is 3.70. The maximum absolute atomic E-state index is 12.6. The summed E-state index contributed by atoms with van der Waals surface area (Å²) in [4.78, 5) is 1.64. The van der Waals surface area contributed by atoms with Crippen molar-refractivity contribution in [2.45, 2.75) is 11.1 Å². The topological polar surface area (TPSA) is 58.6 Å². The molecule has 23 heavy (non-hydrogen) atoms. The number of ether oxygens (including phenoxy) is 1. The van der Waals surface area contributed by atoms with E-state index in [0.29, 0.717) is 38.9 Å². The summed E-state index contributed by atoms with van der Waals surface area (Å²) in [5.41, 5.74) is -0.983. The zero-order valence-electron chi connectivity index (χ0n) is 12.2. The molecule has 1 N–H and O–H groups in total. The molecule has 1 aliphatic heterocycles. The van der Waals surface area contributed by atoms with E-state index >= 15 is 0 Å². The molecule has 0 amide bonds. The minimum absolute atomic E-state index is 0. The van der Waals surface area contributed by atoms with Crippen LogP contribution in [0.5, 0.6) is 0 Å². The summed E-state index contributed by atoms with van der Waals surface area (Å²) < 4.78 is 69.4. The Balaban J connectivity index is 0.00000264. The van der Waals surface area contributed by atoms with E-state index in [2.05, 4.69) is 4.72 Å². The number of sulfonamides is 1. The van der Waals surface area contributed by atoms with Gasteiger partial charge in [0.1, 0.15) is 0 Å². The molecular formula is C13H18ClF3N2O3S. The largest absolute Gasteiger partial charge is 0.416 e. The molecule has 1 aromatic carbocycles. The second-order valence-corrected chi connectivity index (χ2v) is 6.64. The van der Waals surface area contributed by atoms with Crippen molar-refractivity contribution in [2.75, 3.05) is 39.4 Å². The van der Waals surface area contributed by atoms with Crippen LogP contribution in [0, 0.1) is 0 Å². The lowest BCUT2D eigenvalue weighted by Crippen LogP contribution is -2.41. The molecule has 0 atom stereocenters. The summed E-state index contributed by atoms with van der Waals surface area (Å²) in [6.45, 7) is 3.25. The first-order valence-corrected chi connectivity index (χ1v) is 8.24. The van der Waals surface area contributed by atoms with Crippen LogP contribution in [0.25, 0.3) is 0 Å². The summed E-state index contributed by atoms with van der Waals surface area (Å²) in [7, 11) is -3.95. The highest BCUT2D eigenvalue weighted by Gasteiger charge is 2.31. The number of hydrogen-bond acceptors (Lipinski definition) is 4. The van der Waals surface area contributed by atoms with Gasteiger partial charge in [-0.2, -0.15) is 13.2 Å². The second kappa shape index (κ2) is 8.29. The molecule has 0 saturated carbocycles. The van der Waals surface area contributed by atoms with Gasteiger partial charge in [-0.3, -0.25) is 4.90 Å². The van der Waals surface area contributed by atoms with Gasteiger partial charge in [0.2, 0.25) is 10.0 Å². The SMILES string of the molecule is Cl.O=S(=O)(NCCN1CCOCC1)c1cccc(C(F)(F)F)c1. The van der Waals surface area contributed by atoms with E-state index in [1.165, 1.54) is 0 Å². The van der Waals surface area contributed by atoms with E-state index < -0.39 is 21.8 Å². The van der Waals surface area contributed by atoms with Crippen molar-refractivity contribution in [2.24, 2.45) is 0 Å². The maximum Gasteiger partial charge on any atom is 0.416 e. The molecule has 0 bridgehead atoms. The van der Waals surface area contributed by atoms with Crippen molar-refractivity contribution in [3.8, 4) is 0 Å². The van der Waals surface area contributed by atoms with Crippen LogP contribution in [0.3, 0.4) is 0 Å². The number of hydrogen-bond donors (Lipinski definition) is 1. The Bertz CT molecular complexity index is 605. The molecule has 1 heterocycles. The molecular weight excluding hydrogens is 357 g/mol. The van der Waals surface area contributed by atoms with Crippen LogP contribution in [0.1, 0.15) is 5.56 Å². The van der Waals surface area contributed by atoms with Gasteiger partial charge in [0, 0.05) is 26.2 Å². The molecule has 0 spiro atoms. The molecule has 0 aromatic heterocycles. The fourth-order valence-electron chi connectivity index (χ4n) is 2.09. The van der Waals surface area contributed by atoms with Crippen molar-refractivity contribution >= 4 is 22.4 Å². The van der Waals surface area contributed by atoms with Gasteiger partial charge >= 0.3 is 6.18 Å². The zero-order chi connectivity index (χ0) is 16.2. The number of alkyl halides is 3. The quantitative estimate of drug-likeness (QED) is 0.853. The second-order valence-electron chi connectivity index (χ2n) is 4.88. The number of morpholine rings is 1. The third-order valence-electron chi connectivity index (χ3n) is 3.30. The average Bonchev–Trinajstić information content (AvgIpc) is 2.47. The molecule has 1 saturated heterocycles. The van der Waals surface area contributed by atoms with Crippen LogP contribution in [-0.4, -0.2) is 52.7 Å². The van der Waals surface area contributed by atoms with E-state index in [9.17, 15) is 21.6 Å². The number of benzene rings is 1. The number of halogens is 4. The lowest BCUT2D eigenvalue weighted by Gasteiger charge is -2.26. The molecule has 5 nitrogen and oxygen atoms in total. The summed E-state index contributed by atoms with van der Waals surface area (Å²) in [6.07, 6.45) is -4.57. The number of rotatable bonds is 5. The van der Waals surface area contributed by atoms with Gasteiger partial charge in [0.15, 0.2) is 0 Å². The molecule has 1 aromatic rings. The summed E-state index contributed by atoms with van der Waals surface area (Å²) in [5.74, 6) is 0. The van der Waals surface area contributed by atoms with Crippen LogP contribution in [0.4, 0.5) is 13.2 Å². The monoisotopic (exact) mass is 374 g/mol. The highest BCUT2D eigenvalue weighted by atomic mass is 35.5. The standard InChI is InChI=1S/C13H17F3N2O3S.ClH/c14-13(15,16)11-2-1-3-12(10-11)22(19,20)17-4-5-18-6-8-21-9-7-18;/h1-3,10,17H,4-9H2;1H. The Morgan fingerprint density at radius 3 is 2.48 bits per heavy atom. The molecule has 0 aliphatic carbocycles. The first kappa shape index (κ1) is 20.2. The van der Waals surface area contributed by atoms with Crippen molar-refractivity contribution in [1.29, 1.82) is 0 Å². The van der Waals surface area contributed by atoms with E-state index in [1.54, 1.807) is 0 Å². The highest BCUT2D eigenvalue weighted by Crippen LogP contribution is 2.30. The minimum Gasteiger partial charge on any atom is -0.379 e. The van der Waals surface area contributed by atoms with Gasteiger partial charge in [-0.15, -0.1) is 12.4 Å². The Kier molecular flexibility index (Phi) is 7.28. The average molecular weight is 375 g/mol. The predicted octanol–water partition coefficient (Wildman–Crippen LogP) is 1.74. The smallest absolute Gasteiger partial charge is 0.379 e. The normalized spacial score (nSPS) is 16.8. The van der Waals surface area contributed by atoms with E-state index in [0.717, 1.165) is 18.2 Å².